The number of thiophene rings is 1. The zero-order valence-corrected chi connectivity index (χ0v) is 36.5. The third-order valence-electron chi connectivity index (χ3n) is 13.0. The van der Waals surface area contributed by atoms with E-state index in [2.05, 4.69) is 216 Å². The molecule has 0 saturated carbocycles. The van der Waals surface area contributed by atoms with Crippen LogP contribution in [0.4, 0.5) is 0 Å². The van der Waals surface area contributed by atoms with E-state index in [0.29, 0.717) is 0 Å². The standard InChI is InChI=1S/C57H49N3S/c1-7-15-48-37(3)47-35-45(30-32-49(47)57(48,4)5)41-26-28-43(29-27-41)56-59-54(58-55(60(56)6)42-18-12-9-13-19-42)46-20-14-21-50-53(46)52-36(2)44(31-33-51(52)61-50)34-38-22-24-40(25-23-38)39-16-10-8-11-17-39/h7-33,35,56H,34H2,1-6H3/b15-7-. The Morgan fingerprint density at radius 1 is 0.639 bits per heavy atom. The molecule has 0 N–H and O–H groups in total. The first kappa shape index (κ1) is 38.6. The van der Waals surface area contributed by atoms with E-state index in [0.717, 1.165) is 34.8 Å². The maximum absolute atomic E-state index is 5.52. The molecular weight excluding hydrogens is 759 g/mol. The SMILES string of the molecule is C/C=C\C1=C(C)c2cc(-c3ccc(C4N=C(c5cccc6sc7ccc(Cc8ccc(-c9ccccc9)cc8)c(C)c7c56)N=C(c5ccccc5)N4C)cc3)ccc2C1(C)C. The molecule has 0 spiro atoms. The summed E-state index contributed by atoms with van der Waals surface area (Å²) >= 11 is 1.85. The molecule has 7 aromatic carbocycles. The third kappa shape index (κ3) is 6.76. The van der Waals surface area contributed by atoms with Crippen LogP contribution in [-0.4, -0.2) is 23.6 Å². The summed E-state index contributed by atoms with van der Waals surface area (Å²) in [7, 11) is 2.12. The monoisotopic (exact) mass is 807 g/mol. The zero-order valence-electron chi connectivity index (χ0n) is 35.7. The lowest BCUT2D eigenvalue weighted by Crippen LogP contribution is -2.35. The molecular formula is C57H49N3S. The van der Waals surface area contributed by atoms with Gasteiger partial charge in [0.1, 0.15) is 12.0 Å². The van der Waals surface area contributed by atoms with Crippen molar-refractivity contribution in [3.05, 3.63) is 220 Å². The van der Waals surface area contributed by atoms with Gasteiger partial charge in [-0.25, -0.2) is 9.98 Å². The van der Waals surface area contributed by atoms with Gasteiger partial charge in [-0.1, -0.05) is 166 Å². The van der Waals surface area contributed by atoms with Crippen molar-refractivity contribution in [2.45, 2.75) is 52.6 Å². The van der Waals surface area contributed by atoms with Crippen LogP contribution < -0.4 is 0 Å². The van der Waals surface area contributed by atoms with Gasteiger partial charge in [-0.15, -0.1) is 11.3 Å². The Balaban J connectivity index is 1.03. The predicted octanol–water partition coefficient (Wildman–Crippen LogP) is 14.8. The van der Waals surface area contributed by atoms with Crippen LogP contribution in [0.2, 0.25) is 0 Å². The molecule has 2 heterocycles. The fraction of sp³-hybridized carbons (Fsp3) is 0.158. The van der Waals surface area contributed by atoms with Crippen LogP contribution in [-0.2, 0) is 11.8 Å². The normalized spacial score (nSPS) is 16.1. The van der Waals surface area contributed by atoms with Gasteiger partial charge in [0, 0.05) is 43.8 Å². The number of hydrogen-bond donors (Lipinski definition) is 0. The molecule has 0 saturated heterocycles. The first-order chi connectivity index (χ1) is 29.7. The second kappa shape index (κ2) is 15.4. The molecule has 10 rings (SSSR count). The molecule has 3 nitrogen and oxygen atoms in total. The maximum atomic E-state index is 5.52. The number of fused-ring (bicyclic) bond motifs is 4. The second-order valence-corrected chi connectivity index (χ2v) is 18.1. The summed E-state index contributed by atoms with van der Waals surface area (Å²) in [6.45, 7) is 11.3. The molecule has 0 radical (unpaired) electrons. The van der Waals surface area contributed by atoms with Gasteiger partial charge in [0.15, 0.2) is 5.84 Å². The van der Waals surface area contributed by atoms with Crippen molar-refractivity contribution in [2.24, 2.45) is 9.98 Å². The number of rotatable bonds is 8. The number of aliphatic imine (C=N–C) groups is 2. The number of aryl methyl sites for hydroxylation is 1. The van der Waals surface area contributed by atoms with E-state index in [1.165, 1.54) is 81.4 Å². The molecule has 1 aromatic heterocycles. The highest BCUT2D eigenvalue weighted by atomic mass is 32.1. The first-order valence-electron chi connectivity index (χ1n) is 21.3. The highest BCUT2D eigenvalue weighted by molar-refractivity contribution is 7.26. The predicted molar refractivity (Wildman–Crippen MR) is 261 cm³/mol. The van der Waals surface area contributed by atoms with Crippen molar-refractivity contribution in [3.8, 4) is 22.3 Å². The van der Waals surface area contributed by atoms with Gasteiger partial charge in [-0.2, -0.15) is 0 Å². The van der Waals surface area contributed by atoms with Gasteiger partial charge < -0.3 is 4.90 Å². The van der Waals surface area contributed by atoms with Crippen molar-refractivity contribution in [3.63, 3.8) is 0 Å². The van der Waals surface area contributed by atoms with E-state index < -0.39 is 0 Å². The van der Waals surface area contributed by atoms with Crippen LogP contribution >= 0.6 is 11.3 Å². The quantitative estimate of drug-likeness (QED) is 0.150. The van der Waals surface area contributed by atoms with E-state index in [9.17, 15) is 0 Å². The fourth-order valence-electron chi connectivity index (χ4n) is 9.66. The molecule has 1 unspecified atom stereocenters. The van der Waals surface area contributed by atoms with Crippen molar-refractivity contribution in [1.82, 2.24) is 4.90 Å². The lowest BCUT2D eigenvalue weighted by atomic mass is 9.80. The number of amidine groups is 2. The molecule has 0 bridgehead atoms. The van der Waals surface area contributed by atoms with Gasteiger partial charge >= 0.3 is 0 Å². The highest BCUT2D eigenvalue weighted by Crippen LogP contribution is 2.48. The molecule has 1 aliphatic carbocycles. The van der Waals surface area contributed by atoms with Crippen molar-refractivity contribution >= 4 is 48.8 Å². The summed E-state index contributed by atoms with van der Waals surface area (Å²) in [6, 6.07) is 57.4. The first-order valence-corrected chi connectivity index (χ1v) is 22.1. The second-order valence-electron chi connectivity index (χ2n) is 17.0. The number of benzene rings is 7. The Morgan fingerprint density at radius 2 is 1.28 bits per heavy atom. The topological polar surface area (TPSA) is 28.0 Å². The van der Waals surface area contributed by atoms with Gasteiger partial charge in [-0.05, 0) is 112 Å². The Labute approximate surface area is 363 Å². The Hall–Kier alpha value is -6.62. The number of nitrogens with zero attached hydrogens (tertiary/aromatic N) is 3. The van der Waals surface area contributed by atoms with Crippen LogP contribution in [0.25, 0.3) is 48.0 Å². The third-order valence-corrected chi connectivity index (χ3v) is 14.1. The van der Waals surface area contributed by atoms with Crippen LogP contribution in [0.1, 0.15) is 78.4 Å². The largest absolute Gasteiger partial charge is 0.333 e. The minimum absolute atomic E-state index is 0.00979. The smallest absolute Gasteiger partial charge is 0.160 e. The van der Waals surface area contributed by atoms with E-state index >= 15 is 0 Å². The van der Waals surface area contributed by atoms with Crippen LogP contribution in [0.5, 0.6) is 0 Å². The van der Waals surface area contributed by atoms with Crippen LogP contribution in [0, 0.1) is 6.92 Å². The van der Waals surface area contributed by atoms with Crippen LogP contribution in [0.15, 0.2) is 185 Å². The Bertz CT molecular complexity index is 3090. The number of hydrogen-bond acceptors (Lipinski definition) is 4. The molecule has 1 atom stereocenters. The van der Waals surface area contributed by atoms with Gasteiger partial charge in [-0.3, -0.25) is 0 Å². The summed E-state index contributed by atoms with van der Waals surface area (Å²) in [5, 5.41) is 2.53. The van der Waals surface area contributed by atoms with E-state index in [4.69, 9.17) is 9.98 Å². The molecule has 1 aliphatic heterocycles. The molecule has 4 heteroatoms. The summed E-state index contributed by atoms with van der Waals surface area (Å²) in [4.78, 5) is 13.1. The lowest BCUT2D eigenvalue weighted by molar-refractivity contribution is 0.383. The summed E-state index contributed by atoms with van der Waals surface area (Å²) in [5.74, 6) is 1.67. The zero-order chi connectivity index (χ0) is 41.8. The van der Waals surface area contributed by atoms with E-state index in [1.54, 1.807) is 0 Å². The minimum atomic E-state index is -0.262. The highest BCUT2D eigenvalue weighted by Gasteiger charge is 2.35. The van der Waals surface area contributed by atoms with E-state index in [1.807, 2.05) is 11.3 Å². The molecule has 61 heavy (non-hydrogen) atoms. The Morgan fingerprint density at radius 3 is 2.00 bits per heavy atom. The molecule has 0 fully saturated rings. The maximum Gasteiger partial charge on any atom is 0.160 e. The van der Waals surface area contributed by atoms with Gasteiger partial charge in [0.2, 0.25) is 0 Å². The summed E-state index contributed by atoms with van der Waals surface area (Å²) < 4.78 is 2.54. The Kier molecular flexibility index (Phi) is 9.77. The van der Waals surface area contributed by atoms with Gasteiger partial charge in [0.25, 0.3) is 0 Å². The minimum Gasteiger partial charge on any atom is -0.333 e. The van der Waals surface area contributed by atoms with Crippen molar-refractivity contribution < 1.29 is 0 Å². The van der Waals surface area contributed by atoms with Gasteiger partial charge in [0.05, 0.1) is 0 Å². The van der Waals surface area contributed by atoms with Crippen molar-refractivity contribution in [2.75, 3.05) is 7.05 Å². The van der Waals surface area contributed by atoms with E-state index in [-0.39, 0.29) is 11.6 Å². The average Bonchev–Trinajstić information content (AvgIpc) is 3.77. The number of allylic oxidation sites excluding steroid dienone is 4. The summed E-state index contributed by atoms with van der Waals surface area (Å²) in [5.41, 5.74) is 17.6. The summed E-state index contributed by atoms with van der Waals surface area (Å²) in [6.07, 6.45) is 5.04. The molecule has 2 aliphatic rings. The molecule has 8 aromatic rings. The molecule has 0 amide bonds. The van der Waals surface area contributed by atoms with Crippen LogP contribution in [0.3, 0.4) is 0 Å². The fourth-order valence-corrected chi connectivity index (χ4v) is 10.8. The molecule has 298 valence electrons. The van der Waals surface area contributed by atoms with Crippen molar-refractivity contribution in [1.29, 1.82) is 0 Å². The lowest BCUT2D eigenvalue weighted by Gasteiger charge is -2.32. The average molecular weight is 808 g/mol.